The van der Waals surface area contributed by atoms with Crippen molar-refractivity contribution in [1.82, 2.24) is 15.2 Å². The fourth-order valence-corrected chi connectivity index (χ4v) is 5.85. The minimum Gasteiger partial charge on any atom is -0.446 e. The zero-order chi connectivity index (χ0) is 25.5. The highest BCUT2D eigenvalue weighted by Gasteiger charge is 2.33. The van der Waals surface area contributed by atoms with E-state index < -0.39 is 5.92 Å². The lowest BCUT2D eigenvalue weighted by molar-refractivity contribution is -0.136. The van der Waals surface area contributed by atoms with Crippen LogP contribution in [-0.4, -0.2) is 33.8 Å². The number of benzene rings is 2. The van der Waals surface area contributed by atoms with Gasteiger partial charge in [0.1, 0.15) is 6.26 Å². The second-order valence-electron chi connectivity index (χ2n) is 10.4. The molecule has 0 radical (unpaired) electrons. The van der Waals surface area contributed by atoms with Crippen LogP contribution >= 0.6 is 0 Å². The maximum atomic E-state index is 14.3. The first-order chi connectivity index (χ1) is 18.2. The van der Waals surface area contributed by atoms with Gasteiger partial charge in [0.15, 0.2) is 5.69 Å². The van der Waals surface area contributed by atoms with Crippen LogP contribution in [0.2, 0.25) is 0 Å². The van der Waals surface area contributed by atoms with Crippen molar-refractivity contribution in [3.8, 4) is 0 Å². The number of aromatic nitrogens is 1. The molecule has 0 spiro atoms. The number of hydrogen-bond acceptors (Lipinski definition) is 4. The van der Waals surface area contributed by atoms with Crippen LogP contribution in [0.15, 0.2) is 71.3 Å². The van der Waals surface area contributed by atoms with E-state index in [0.29, 0.717) is 11.6 Å². The standard InChI is InChI=1S/C31H37N3O3/c35-30(32-25-17-9-3-10-18-25)27-22-37-28(33-27)21-34(26-19-11-4-12-20-26)31(36)29(23-13-5-1-6-14-23)24-15-7-2-8-16-24/h1-2,5-8,13-16,22,25-26,29H,3-4,9-12,17-21H2,(H,32,35). The van der Waals surface area contributed by atoms with Crippen molar-refractivity contribution >= 4 is 11.8 Å². The monoisotopic (exact) mass is 499 g/mol. The van der Waals surface area contributed by atoms with E-state index in [1.165, 1.54) is 19.1 Å². The number of oxazole rings is 1. The Balaban J connectivity index is 1.39. The van der Waals surface area contributed by atoms with Gasteiger partial charge in [-0.15, -0.1) is 0 Å². The van der Waals surface area contributed by atoms with Gasteiger partial charge in [-0.1, -0.05) is 99.2 Å². The van der Waals surface area contributed by atoms with Crippen molar-refractivity contribution in [1.29, 1.82) is 0 Å². The van der Waals surface area contributed by atoms with E-state index >= 15 is 0 Å². The van der Waals surface area contributed by atoms with Crippen molar-refractivity contribution < 1.29 is 14.0 Å². The highest BCUT2D eigenvalue weighted by atomic mass is 16.3. The Morgan fingerprint density at radius 3 is 2.00 bits per heavy atom. The molecule has 1 aromatic heterocycles. The Morgan fingerprint density at radius 2 is 1.41 bits per heavy atom. The Morgan fingerprint density at radius 1 is 0.838 bits per heavy atom. The number of amides is 2. The van der Waals surface area contributed by atoms with Gasteiger partial charge in [-0.25, -0.2) is 4.98 Å². The molecule has 0 saturated heterocycles. The average Bonchev–Trinajstić information content (AvgIpc) is 3.43. The molecule has 5 rings (SSSR count). The van der Waals surface area contributed by atoms with Gasteiger partial charge in [-0.05, 0) is 36.8 Å². The minimum absolute atomic E-state index is 0.0516. The quantitative estimate of drug-likeness (QED) is 0.399. The zero-order valence-corrected chi connectivity index (χ0v) is 21.5. The second-order valence-corrected chi connectivity index (χ2v) is 10.4. The number of carbonyl (C=O) groups is 2. The van der Waals surface area contributed by atoms with E-state index in [1.807, 2.05) is 65.6 Å². The molecule has 6 nitrogen and oxygen atoms in total. The molecule has 0 aliphatic heterocycles. The van der Waals surface area contributed by atoms with Crippen molar-refractivity contribution in [2.45, 2.75) is 88.8 Å². The van der Waals surface area contributed by atoms with Gasteiger partial charge in [0.25, 0.3) is 5.91 Å². The maximum Gasteiger partial charge on any atom is 0.273 e. The van der Waals surface area contributed by atoms with Gasteiger partial charge >= 0.3 is 0 Å². The molecule has 2 saturated carbocycles. The number of hydrogen-bond donors (Lipinski definition) is 1. The highest BCUT2D eigenvalue weighted by molar-refractivity contribution is 5.92. The molecule has 1 heterocycles. The zero-order valence-electron chi connectivity index (χ0n) is 21.5. The van der Waals surface area contributed by atoms with Crippen LogP contribution in [0.1, 0.15) is 97.6 Å². The molecule has 194 valence electrons. The Labute approximate surface area is 219 Å². The highest BCUT2D eigenvalue weighted by Crippen LogP contribution is 2.32. The van der Waals surface area contributed by atoms with Crippen molar-refractivity contribution in [2.75, 3.05) is 0 Å². The van der Waals surface area contributed by atoms with E-state index in [0.717, 1.165) is 62.5 Å². The third kappa shape index (κ3) is 6.30. The summed E-state index contributed by atoms with van der Waals surface area (Å²) in [5.74, 6) is -0.138. The first-order valence-corrected chi connectivity index (χ1v) is 13.8. The van der Waals surface area contributed by atoms with Gasteiger partial charge in [0, 0.05) is 12.1 Å². The van der Waals surface area contributed by atoms with Crippen molar-refractivity contribution in [2.24, 2.45) is 0 Å². The fourth-order valence-electron chi connectivity index (χ4n) is 5.85. The summed E-state index contributed by atoms with van der Waals surface area (Å²) in [6.07, 6.45) is 12.4. The summed E-state index contributed by atoms with van der Waals surface area (Å²) < 4.78 is 5.77. The molecule has 2 aromatic carbocycles. The molecule has 1 N–H and O–H groups in total. The number of nitrogens with zero attached hydrogens (tertiary/aromatic N) is 2. The normalized spacial score (nSPS) is 17.0. The third-order valence-corrected chi connectivity index (χ3v) is 7.84. The van der Waals surface area contributed by atoms with E-state index in [9.17, 15) is 9.59 Å². The Kier molecular flexibility index (Phi) is 8.34. The molecule has 2 amide bonds. The van der Waals surface area contributed by atoms with Gasteiger partial charge in [0.05, 0.1) is 12.5 Å². The van der Waals surface area contributed by atoms with Gasteiger partial charge in [-0.3, -0.25) is 9.59 Å². The lowest BCUT2D eigenvalue weighted by Crippen LogP contribution is -2.43. The average molecular weight is 500 g/mol. The summed E-state index contributed by atoms with van der Waals surface area (Å²) in [5, 5.41) is 3.11. The van der Waals surface area contributed by atoms with Gasteiger partial charge in [-0.2, -0.15) is 0 Å². The lowest BCUT2D eigenvalue weighted by Gasteiger charge is -2.36. The predicted octanol–water partition coefficient (Wildman–Crippen LogP) is 6.23. The fraction of sp³-hybridized carbons (Fsp3) is 0.452. The van der Waals surface area contributed by atoms with E-state index in [1.54, 1.807) is 0 Å². The molecule has 6 heteroatoms. The molecule has 2 fully saturated rings. The Bertz CT molecular complexity index is 1110. The molecule has 37 heavy (non-hydrogen) atoms. The summed E-state index contributed by atoms with van der Waals surface area (Å²) in [7, 11) is 0. The first-order valence-electron chi connectivity index (χ1n) is 13.8. The van der Waals surface area contributed by atoms with E-state index in [4.69, 9.17) is 4.42 Å². The predicted molar refractivity (Wildman–Crippen MR) is 143 cm³/mol. The molecule has 0 atom stereocenters. The van der Waals surface area contributed by atoms with Crippen molar-refractivity contribution in [3.63, 3.8) is 0 Å². The number of rotatable bonds is 8. The summed E-state index contributed by atoms with van der Waals surface area (Å²) in [4.78, 5) is 33.6. The van der Waals surface area contributed by atoms with Crippen molar-refractivity contribution in [3.05, 3.63) is 89.6 Å². The molecular weight excluding hydrogens is 462 g/mol. The molecule has 3 aromatic rings. The SMILES string of the molecule is O=C(NC1CCCCC1)c1coc(CN(C(=O)C(c2ccccc2)c2ccccc2)C2CCCCC2)n1. The van der Waals surface area contributed by atoms with Gasteiger partial charge in [0.2, 0.25) is 11.8 Å². The van der Waals surface area contributed by atoms with E-state index in [2.05, 4.69) is 10.3 Å². The summed E-state index contributed by atoms with van der Waals surface area (Å²) in [5.41, 5.74) is 2.23. The van der Waals surface area contributed by atoms with Crippen LogP contribution < -0.4 is 5.32 Å². The maximum absolute atomic E-state index is 14.3. The van der Waals surface area contributed by atoms with Crippen LogP contribution in [0.4, 0.5) is 0 Å². The van der Waals surface area contributed by atoms with Crippen LogP contribution in [0.3, 0.4) is 0 Å². The second kappa shape index (κ2) is 12.2. The van der Waals surface area contributed by atoms with Crippen LogP contribution in [0, 0.1) is 0 Å². The van der Waals surface area contributed by atoms with Crippen LogP contribution in [0.25, 0.3) is 0 Å². The van der Waals surface area contributed by atoms with Gasteiger partial charge < -0.3 is 14.6 Å². The molecule has 2 aliphatic carbocycles. The summed E-state index contributed by atoms with van der Waals surface area (Å²) in [6.45, 7) is 0.260. The molecular formula is C31H37N3O3. The molecule has 2 aliphatic rings. The van der Waals surface area contributed by atoms with Crippen LogP contribution in [-0.2, 0) is 11.3 Å². The largest absolute Gasteiger partial charge is 0.446 e. The molecule has 0 unspecified atom stereocenters. The third-order valence-electron chi connectivity index (χ3n) is 7.84. The van der Waals surface area contributed by atoms with E-state index in [-0.39, 0.29) is 30.4 Å². The topological polar surface area (TPSA) is 75.4 Å². The Hall–Kier alpha value is -3.41. The smallest absolute Gasteiger partial charge is 0.273 e. The van der Waals surface area contributed by atoms with Crippen LogP contribution in [0.5, 0.6) is 0 Å². The summed E-state index contributed by atoms with van der Waals surface area (Å²) in [6, 6.07) is 20.3. The number of carbonyl (C=O) groups excluding carboxylic acids is 2. The minimum atomic E-state index is -0.409. The lowest BCUT2D eigenvalue weighted by atomic mass is 9.87. The number of nitrogens with one attached hydrogen (secondary N) is 1. The molecule has 0 bridgehead atoms. The summed E-state index contributed by atoms with van der Waals surface area (Å²) >= 11 is 0. The first kappa shape index (κ1) is 25.2.